The molecule has 0 bridgehead atoms. The number of rotatable bonds is 7. The number of aryl methyl sites for hydroxylation is 2. The summed E-state index contributed by atoms with van der Waals surface area (Å²) >= 11 is 0. The number of hydrogen-bond acceptors (Lipinski definition) is 5. The van der Waals surface area contributed by atoms with E-state index in [0.29, 0.717) is 19.8 Å². The summed E-state index contributed by atoms with van der Waals surface area (Å²) in [7, 11) is 1.88. The minimum atomic E-state index is -0.0152. The summed E-state index contributed by atoms with van der Waals surface area (Å²) in [4.78, 5) is 14.7. The summed E-state index contributed by atoms with van der Waals surface area (Å²) in [6.07, 6.45) is 0.889. The van der Waals surface area contributed by atoms with Crippen molar-refractivity contribution in [1.29, 1.82) is 0 Å². The normalized spacial score (nSPS) is 13.9. The highest BCUT2D eigenvalue weighted by atomic mass is 16.5. The van der Waals surface area contributed by atoms with Crippen LogP contribution in [0.25, 0.3) is 0 Å². The van der Waals surface area contributed by atoms with E-state index in [9.17, 15) is 4.79 Å². The number of anilines is 1. The number of carbonyl (C=O) groups is 1. The molecule has 152 valence electrons. The Hall–Kier alpha value is -2.54. The SMILES string of the molecule is CCOc1cc2c(cc1OCC)CN(CC(=O)Nc1c(C)nn(C)c1C)CC2. The smallest absolute Gasteiger partial charge is 0.238 e. The minimum absolute atomic E-state index is 0.0152. The summed E-state index contributed by atoms with van der Waals surface area (Å²) in [6, 6.07) is 4.15. The third-order valence-corrected chi connectivity index (χ3v) is 5.10. The van der Waals surface area contributed by atoms with Crippen LogP contribution in [-0.4, -0.2) is 46.9 Å². The number of carbonyl (C=O) groups excluding carboxylic acids is 1. The zero-order valence-corrected chi connectivity index (χ0v) is 17.5. The third-order valence-electron chi connectivity index (χ3n) is 5.10. The maximum Gasteiger partial charge on any atom is 0.238 e. The molecule has 1 aliphatic heterocycles. The minimum Gasteiger partial charge on any atom is -0.490 e. The van der Waals surface area contributed by atoms with Gasteiger partial charge >= 0.3 is 0 Å². The number of hydrogen-bond donors (Lipinski definition) is 1. The van der Waals surface area contributed by atoms with Gasteiger partial charge in [-0.05, 0) is 57.4 Å². The van der Waals surface area contributed by atoms with E-state index in [4.69, 9.17) is 9.47 Å². The number of fused-ring (bicyclic) bond motifs is 1. The van der Waals surface area contributed by atoms with Gasteiger partial charge in [-0.2, -0.15) is 5.10 Å². The van der Waals surface area contributed by atoms with E-state index < -0.39 is 0 Å². The largest absolute Gasteiger partial charge is 0.490 e. The van der Waals surface area contributed by atoms with Crippen molar-refractivity contribution >= 4 is 11.6 Å². The number of ether oxygens (including phenoxy) is 2. The summed E-state index contributed by atoms with van der Waals surface area (Å²) in [5, 5.41) is 7.37. The molecule has 1 amide bonds. The monoisotopic (exact) mass is 386 g/mol. The second-order valence-electron chi connectivity index (χ2n) is 7.11. The average Bonchev–Trinajstić information content (AvgIpc) is 2.89. The summed E-state index contributed by atoms with van der Waals surface area (Å²) in [5.41, 5.74) is 5.06. The number of nitrogens with one attached hydrogen (secondary N) is 1. The molecular formula is C21H30N4O3. The van der Waals surface area contributed by atoms with Gasteiger partial charge in [-0.15, -0.1) is 0 Å². The molecule has 0 radical (unpaired) electrons. The number of nitrogens with zero attached hydrogens (tertiary/aromatic N) is 3. The van der Waals surface area contributed by atoms with Crippen LogP contribution in [0.15, 0.2) is 12.1 Å². The molecule has 2 aromatic rings. The second-order valence-corrected chi connectivity index (χ2v) is 7.11. The van der Waals surface area contributed by atoms with Crippen molar-refractivity contribution in [3.8, 4) is 11.5 Å². The average molecular weight is 386 g/mol. The molecule has 1 aromatic heterocycles. The fraction of sp³-hybridized carbons (Fsp3) is 0.524. The van der Waals surface area contributed by atoms with Crippen LogP contribution < -0.4 is 14.8 Å². The van der Waals surface area contributed by atoms with Gasteiger partial charge in [0.15, 0.2) is 11.5 Å². The lowest BCUT2D eigenvalue weighted by molar-refractivity contribution is -0.117. The molecular weight excluding hydrogens is 356 g/mol. The Morgan fingerprint density at radius 2 is 1.79 bits per heavy atom. The van der Waals surface area contributed by atoms with Gasteiger partial charge in [0, 0.05) is 20.1 Å². The molecule has 3 rings (SSSR count). The van der Waals surface area contributed by atoms with Gasteiger partial charge in [0.05, 0.1) is 36.8 Å². The highest BCUT2D eigenvalue weighted by molar-refractivity contribution is 5.93. The van der Waals surface area contributed by atoms with Gasteiger partial charge in [0.2, 0.25) is 5.91 Å². The Labute approximate surface area is 166 Å². The highest BCUT2D eigenvalue weighted by Crippen LogP contribution is 2.34. The lowest BCUT2D eigenvalue weighted by Crippen LogP contribution is -2.37. The fourth-order valence-corrected chi connectivity index (χ4v) is 3.63. The lowest BCUT2D eigenvalue weighted by Gasteiger charge is -2.29. The van der Waals surface area contributed by atoms with Crippen LogP contribution in [-0.2, 0) is 24.8 Å². The van der Waals surface area contributed by atoms with Gasteiger partial charge in [0.25, 0.3) is 0 Å². The van der Waals surface area contributed by atoms with Gasteiger partial charge in [-0.1, -0.05) is 0 Å². The molecule has 1 aliphatic rings. The Morgan fingerprint density at radius 1 is 1.14 bits per heavy atom. The molecule has 0 fully saturated rings. The molecule has 7 heteroatoms. The maximum absolute atomic E-state index is 12.6. The predicted molar refractivity (Wildman–Crippen MR) is 109 cm³/mol. The molecule has 0 unspecified atom stereocenters. The number of benzene rings is 1. The Bertz CT molecular complexity index is 860. The van der Waals surface area contributed by atoms with Crippen LogP contribution in [0.5, 0.6) is 11.5 Å². The zero-order chi connectivity index (χ0) is 20.3. The van der Waals surface area contributed by atoms with Crippen molar-refractivity contribution < 1.29 is 14.3 Å². The quantitative estimate of drug-likeness (QED) is 0.792. The molecule has 0 spiro atoms. The van der Waals surface area contributed by atoms with E-state index in [1.54, 1.807) is 4.68 Å². The molecule has 1 N–H and O–H groups in total. The second kappa shape index (κ2) is 8.65. The van der Waals surface area contributed by atoms with Crippen LogP contribution in [0.1, 0.15) is 36.4 Å². The first-order valence-electron chi connectivity index (χ1n) is 9.86. The van der Waals surface area contributed by atoms with Gasteiger partial charge in [-0.3, -0.25) is 14.4 Å². The topological polar surface area (TPSA) is 68.6 Å². The number of amides is 1. The molecule has 0 saturated heterocycles. The van der Waals surface area contributed by atoms with Crippen molar-refractivity contribution in [2.24, 2.45) is 7.05 Å². The number of aromatic nitrogens is 2. The van der Waals surface area contributed by atoms with Crippen molar-refractivity contribution in [2.45, 2.75) is 40.7 Å². The van der Waals surface area contributed by atoms with E-state index in [0.717, 1.165) is 48.1 Å². The van der Waals surface area contributed by atoms with Gasteiger partial charge < -0.3 is 14.8 Å². The molecule has 1 aromatic carbocycles. The first-order chi connectivity index (χ1) is 13.4. The van der Waals surface area contributed by atoms with Crippen molar-refractivity contribution in [1.82, 2.24) is 14.7 Å². The van der Waals surface area contributed by atoms with E-state index >= 15 is 0 Å². The van der Waals surface area contributed by atoms with Gasteiger partial charge in [0.1, 0.15) is 0 Å². The van der Waals surface area contributed by atoms with Crippen LogP contribution in [0.4, 0.5) is 5.69 Å². The predicted octanol–water partition coefficient (Wildman–Crippen LogP) is 2.83. The van der Waals surface area contributed by atoms with Crippen molar-refractivity contribution in [2.75, 3.05) is 31.6 Å². The van der Waals surface area contributed by atoms with Crippen LogP contribution in [0, 0.1) is 13.8 Å². The first kappa shape index (κ1) is 20.2. The molecule has 0 saturated carbocycles. The van der Waals surface area contributed by atoms with E-state index in [1.807, 2.05) is 34.7 Å². The standard InChI is InChI=1S/C21H30N4O3/c1-6-27-18-10-16-8-9-25(12-17(16)11-19(18)28-7-2)13-20(26)22-21-14(3)23-24(5)15(21)4/h10-11H,6-9,12-13H2,1-5H3,(H,22,26). The molecule has 0 aliphatic carbocycles. The Balaban J connectivity index is 1.69. The summed E-state index contributed by atoms with van der Waals surface area (Å²) in [6.45, 7) is 10.9. The summed E-state index contributed by atoms with van der Waals surface area (Å²) in [5.74, 6) is 1.56. The lowest BCUT2D eigenvalue weighted by atomic mass is 9.98. The maximum atomic E-state index is 12.6. The van der Waals surface area contributed by atoms with Gasteiger partial charge in [-0.25, -0.2) is 0 Å². The zero-order valence-electron chi connectivity index (χ0n) is 17.5. The Morgan fingerprint density at radius 3 is 2.36 bits per heavy atom. The van der Waals surface area contributed by atoms with E-state index in [2.05, 4.69) is 27.4 Å². The molecule has 28 heavy (non-hydrogen) atoms. The Kier molecular flexibility index (Phi) is 6.24. The molecule has 0 atom stereocenters. The highest BCUT2D eigenvalue weighted by Gasteiger charge is 2.22. The first-order valence-corrected chi connectivity index (χ1v) is 9.86. The van der Waals surface area contributed by atoms with Crippen molar-refractivity contribution in [3.63, 3.8) is 0 Å². The van der Waals surface area contributed by atoms with E-state index in [1.165, 1.54) is 11.1 Å². The summed E-state index contributed by atoms with van der Waals surface area (Å²) < 4.78 is 13.3. The van der Waals surface area contributed by atoms with E-state index in [-0.39, 0.29) is 5.91 Å². The molecule has 2 heterocycles. The van der Waals surface area contributed by atoms with Crippen LogP contribution >= 0.6 is 0 Å². The third kappa shape index (κ3) is 4.30. The van der Waals surface area contributed by atoms with Crippen molar-refractivity contribution in [3.05, 3.63) is 34.6 Å². The van der Waals surface area contributed by atoms with Crippen LogP contribution in [0.3, 0.4) is 0 Å². The van der Waals surface area contributed by atoms with Crippen LogP contribution in [0.2, 0.25) is 0 Å². The fourth-order valence-electron chi connectivity index (χ4n) is 3.63. The molecule has 7 nitrogen and oxygen atoms in total.